The molecule has 1 atom stereocenters. The van der Waals surface area contributed by atoms with Gasteiger partial charge in [0.1, 0.15) is 34.6 Å². The van der Waals surface area contributed by atoms with Crippen molar-refractivity contribution in [3.63, 3.8) is 0 Å². The standard InChI is InChI=1S/C24H18N6O3S/c31-22(30-19(21-9-5-11-33-21)12-18(28-30)20-8-4-10-32-20)14-34-24-17-13-27-29(23(17)25-15-26-24)16-6-2-1-3-7-16/h1-11,13,15,19H,12,14H2. The lowest BCUT2D eigenvalue weighted by Gasteiger charge is -2.19. The van der Waals surface area contributed by atoms with Crippen molar-refractivity contribution >= 4 is 34.4 Å². The topological polar surface area (TPSA) is 103 Å². The summed E-state index contributed by atoms with van der Waals surface area (Å²) in [4.78, 5) is 22.1. The fourth-order valence-corrected chi connectivity index (χ4v) is 4.74. The second-order valence-electron chi connectivity index (χ2n) is 7.59. The fourth-order valence-electron chi connectivity index (χ4n) is 3.93. The highest BCUT2D eigenvalue weighted by molar-refractivity contribution is 8.00. The predicted octanol–water partition coefficient (Wildman–Crippen LogP) is 4.47. The average molecular weight is 471 g/mol. The molecule has 0 saturated heterocycles. The number of rotatable bonds is 6. The van der Waals surface area contributed by atoms with E-state index in [4.69, 9.17) is 8.83 Å². The van der Waals surface area contributed by atoms with E-state index >= 15 is 0 Å². The molecule has 0 N–H and O–H groups in total. The third-order valence-electron chi connectivity index (χ3n) is 5.51. The molecule has 0 aliphatic carbocycles. The molecule has 5 heterocycles. The van der Waals surface area contributed by atoms with E-state index in [0.717, 1.165) is 11.1 Å². The van der Waals surface area contributed by atoms with E-state index < -0.39 is 0 Å². The van der Waals surface area contributed by atoms with Gasteiger partial charge in [0.15, 0.2) is 5.65 Å². The van der Waals surface area contributed by atoms with Crippen LogP contribution in [0.15, 0.2) is 98.6 Å². The molecule has 10 heteroatoms. The Balaban J connectivity index is 1.25. The lowest BCUT2D eigenvalue weighted by Crippen LogP contribution is -2.28. The van der Waals surface area contributed by atoms with Crippen LogP contribution in [0.4, 0.5) is 0 Å². The number of furan rings is 2. The SMILES string of the molecule is O=C(CSc1ncnc2c1cnn2-c1ccccc1)N1N=C(c2ccco2)CC1c1ccco1. The summed E-state index contributed by atoms with van der Waals surface area (Å²) in [5.74, 6) is 1.31. The van der Waals surface area contributed by atoms with Crippen molar-refractivity contribution in [1.82, 2.24) is 24.8 Å². The molecule has 1 unspecified atom stereocenters. The van der Waals surface area contributed by atoms with Crippen molar-refractivity contribution in [1.29, 1.82) is 0 Å². The molecule has 1 aromatic carbocycles. The van der Waals surface area contributed by atoms with E-state index in [1.807, 2.05) is 42.5 Å². The Hall–Kier alpha value is -4.18. The van der Waals surface area contributed by atoms with Crippen molar-refractivity contribution in [3.05, 3.63) is 91.2 Å². The number of carbonyl (C=O) groups is 1. The van der Waals surface area contributed by atoms with Crippen molar-refractivity contribution in [2.24, 2.45) is 5.10 Å². The minimum atomic E-state index is -0.325. The molecule has 6 rings (SSSR count). The van der Waals surface area contributed by atoms with Crippen LogP contribution in [0.3, 0.4) is 0 Å². The number of fused-ring (bicyclic) bond motifs is 1. The molecule has 1 aliphatic heterocycles. The predicted molar refractivity (Wildman–Crippen MR) is 126 cm³/mol. The maximum atomic E-state index is 13.3. The van der Waals surface area contributed by atoms with Gasteiger partial charge in [0.2, 0.25) is 0 Å². The summed E-state index contributed by atoms with van der Waals surface area (Å²) in [6.45, 7) is 0. The summed E-state index contributed by atoms with van der Waals surface area (Å²) in [5, 5.41) is 12.0. The van der Waals surface area contributed by atoms with Gasteiger partial charge in [-0.1, -0.05) is 30.0 Å². The van der Waals surface area contributed by atoms with Gasteiger partial charge in [-0.3, -0.25) is 4.79 Å². The van der Waals surface area contributed by atoms with Crippen LogP contribution in [0.5, 0.6) is 0 Å². The first-order valence-electron chi connectivity index (χ1n) is 10.6. The number of benzene rings is 1. The Morgan fingerprint density at radius 1 is 1.03 bits per heavy atom. The molecule has 34 heavy (non-hydrogen) atoms. The van der Waals surface area contributed by atoms with Gasteiger partial charge in [-0.15, -0.1) is 0 Å². The molecule has 9 nitrogen and oxygen atoms in total. The molecule has 1 aliphatic rings. The Morgan fingerprint density at radius 2 is 1.88 bits per heavy atom. The lowest BCUT2D eigenvalue weighted by molar-refractivity contribution is -0.130. The highest BCUT2D eigenvalue weighted by atomic mass is 32.2. The van der Waals surface area contributed by atoms with Crippen LogP contribution in [0.1, 0.15) is 24.0 Å². The maximum Gasteiger partial charge on any atom is 0.253 e. The van der Waals surface area contributed by atoms with Gasteiger partial charge < -0.3 is 8.83 Å². The van der Waals surface area contributed by atoms with Gasteiger partial charge >= 0.3 is 0 Å². The van der Waals surface area contributed by atoms with Crippen LogP contribution in [-0.2, 0) is 4.79 Å². The van der Waals surface area contributed by atoms with E-state index in [-0.39, 0.29) is 17.7 Å². The van der Waals surface area contributed by atoms with Crippen LogP contribution >= 0.6 is 11.8 Å². The third-order valence-corrected chi connectivity index (χ3v) is 6.50. The summed E-state index contributed by atoms with van der Waals surface area (Å²) in [6, 6.07) is 16.7. The van der Waals surface area contributed by atoms with Gasteiger partial charge in [0, 0.05) is 6.42 Å². The molecule has 0 bridgehead atoms. The maximum absolute atomic E-state index is 13.3. The summed E-state index contributed by atoms with van der Waals surface area (Å²) < 4.78 is 12.8. The third kappa shape index (κ3) is 3.67. The Labute approximate surface area is 198 Å². The number of para-hydroxylation sites is 1. The second kappa shape index (κ2) is 8.64. The smallest absolute Gasteiger partial charge is 0.253 e. The van der Waals surface area contributed by atoms with E-state index in [1.54, 1.807) is 35.5 Å². The van der Waals surface area contributed by atoms with E-state index in [9.17, 15) is 4.79 Å². The van der Waals surface area contributed by atoms with Crippen molar-refractivity contribution in [2.75, 3.05) is 5.75 Å². The number of aromatic nitrogens is 4. The summed E-state index contributed by atoms with van der Waals surface area (Å²) in [6.07, 6.45) is 6.92. The zero-order chi connectivity index (χ0) is 22.9. The van der Waals surface area contributed by atoms with Crippen LogP contribution < -0.4 is 0 Å². The number of hydrazone groups is 1. The molecular formula is C24H18N6O3S. The van der Waals surface area contributed by atoms with Crippen LogP contribution in [0.25, 0.3) is 16.7 Å². The monoisotopic (exact) mass is 470 g/mol. The van der Waals surface area contributed by atoms with E-state index in [0.29, 0.717) is 34.3 Å². The van der Waals surface area contributed by atoms with Crippen molar-refractivity contribution in [2.45, 2.75) is 17.5 Å². The normalized spacial score (nSPS) is 15.7. The van der Waals surface area contributed by atoms with Gasteiger partial charge in [0.25, 0.3) is 5.91 Å². The number of thioether (sulfide) groups is 1. The molecule has 0 fully saturated rings. The highest BCUT2D eigenvalue weighted by Gasteiger charge is 2.35. The summed E-state index contributed by atoms with van der Waals surface area (Å²) in [5.41, 5.74) is 2.29. The first kappa shape index (κ1) is 20.4. The molecule has 0 radical (unpaired) electrons. The van der Waals surface area contributed by atoms with Gasteiger partial charge in [-0.25, -0.2) is 19.7 Å². The van der Waals surface area contributed by atoms with Crippen LogP contribution in [0, 0.1) is 0 Å². The lowest BCUT2D eigenvalue weighted by atomic mass is 10.1. The molecule has 1 amide bonds. The van der Waals surface area contributed by atoms with E-state index in [2.05, 4.69) is 20.2 Å². The van der Waals surface area contributed by atoms with E-state index in [1.165, 1.54) is 23.1 Å². The van der Waals surface area contributed by atoms with Crippen LogP contribution in [0.2, 0.25) is 0 Å². The number of carbonyl (C=O) groups excluding carboxylic acids is 1. The first-order chi connectivity index (χ1) is 16.8. The summed E-state index contributed by atoms with van der Waals surface area (Å²) >= 11 is 1.33. The van der Waals surface area contributed by atoms with Crippen molar-refractivity contribution in [3.8, 4) is 5.69 Å². The average Bonchev–Trinajstić information content (AvgIpc) is 3.68. The minimum Gasteiger partial charge on any atom is -0.467 e. The highest BCUT2D eigenvalue weighted by Crippen LogP contribution is 2.34. The fraction of sp³-hybridized carbons (Fsp3) is 0.125. The van der Waals surface area contributed by atoms with Gasteiger partial charge in [-0.2, -0.15) is 10.2 Å². The first-order valence-corrected chi connectivity index (χ1v) is 11.6. The van der Waals surface area contributed by atoms with Gasteiger partial charge in [-0.05, 0) is 36.4 Å². The Morgan fingerprint density at radius 3 is 2.68 bits per heavy atom. The second-order valence-corrected chi connectivity index (χ2v) is 8.56. The number of hydrogen-bond acceptors (Lipinski definition) is 8. The zero-order valence-electron chi connectivity index (χ0n) is 17.8. The van der Waals surface area contributed by atoms with Crippen LogP contribution in [-0.4, -0.2) is 42.1 Å². The molecule has 0 spiro atoms. The molecule has 168 valence electrons. The minimum absolute atomic E-state index is 0.148. The van der Waals surface area contributed by atoms with Gasteiger partial charge in [0.05, 0.1) is 35.5 Å². The Kier molecular flexibility index (Phi) is 5.19. The number of nitrogens with zero attached hydrogens (tertiary/aromatic N) is 6. The zero-order valence-corrected chi connectivity index (χ0v) is 18.6. The Bertz CT molecular complexity index is 1460. The largest absolute Gasteiger partial charge is 0.467 e. The molecule has 0 saturated carbocycles. The number of hydrogen-bond donors (Lipinski definition) is 0. The summed E-state index contributed by atoms with van der Waals surface area (Å²) in [7, 11) is 0. The molecular weight excluding hydrogens is 452 g/mol. The molecule has 5 aromatic rings. The quantitative estimate of drug-likeness (QED) is 0.266. The molecule has 4 aromatic heterocycles. The van der Waals surface area contributed by atoms with Crippen molar-refractivity contribution < 1.29 is 13.6 Å². The number of amides is 1.